The average Bonchev–Trinajstić information content (AvgIpc) is 3.44. The summed E-state index contributed by atoms with van der Waals surface area (Å²) in [5.41, 5.74) is 2.14. The Morgan fingerprint density at radius 2 is 1.85 bits per heavy atom. The molecule has 0 spiro atoms. The highest BCUT2D eigenvalue weighted by atomic mass is 16.5. The number of nitrogens with zero attached hydrogens (tertiary/aromatic N) is 1. The second-order valence-corrected chi connectivity index (χ2v) is 7.93. The minimum Gasteiger partial charge on any atom is -0.492 e. The Labute approximate surface area is 189 Å². The molecule has 1 aliphatic heterocycles. The van der Waals surface area contributed by atoms with Gasteiger partial charge in [0, 0.05) is 35.3 Å². The third-order valence-electron chi connectivity index (χ3n) is 5.86. The monoisotopic (exact) mass is 442 g/mol. The molecule has 1 aliphatic rings. The summed E-state index contributed by atoms with van der Waals surface area (Å²) in [6, 6.07) is 21.1. The lowest BCUT2D eigenvalue weighted by Crippen LogP contribution is -2.31. The number of fused-ring (bicyclic) bond motifs is 2. The highest BCUT2D eigenvalue weighted by Gasteiger charge is 2.31. The largest absolute Gasteiger partial charge is 0.492 e. The van der Waals surface area contributed by atoms with Gasteiger partial charge in [-0.1, -0.05) is 30.3 Å². The van der Waals surface area contributed by atoms with Crippen LogP contribution in [0.25, 0.3) is 11.0 Å². The first kappa shape index (κ1) is 20.8. The second kappa shape index (κ2) is 8.78. The fourth-order valence-corrected chi connectivity index (χ4v) is 4.24. The van der Waals surface area contributed by atoms with Crippen LogP contribution in [0.5, 0.6) is 5.75 Å². The standard InChI is InChI=1S/C26H22N2O5/c29-24-11-7-17-6-8-19(16-23(17)33-24)32-15-13-27-26(31)20-12-14-28-21(20)9-10-22(28)25(30)18-4-2-1-3-5-18/h1-11,16,20H,12-15H2,(H,27,31). The topological polar surface area (TPSA) is 90.5 Å². The van der Waals surface area contributed by atoms with Crippen LogP contribution >= 0.6 is 0 Å². The molecule has 1 N–H and O–H groups in total. The quantitative estimate of drug-likeness (QED) is 0.269. The van der Waals surface area contributed by atoms with E-state index in [1.807, 2.05) is 34.9 Å². The van der Waals surface area contributed by atoms with E-state index in [4.69, 9.17) is 9.15 Å². The molecule has 0 saturated heterocycles. The predicted octanol–water partition coefficient (Wildman–Crippen LogP) is 3.51. The summed E-state index contributed by atoms with van der Waals surface area (Å²) in [6.07, 6.45) is 0.654. The van der Waals surface area contributed by atoms with E-state index in [1.54, 1.807) is 36.4 Å². The van der Waals surface area contributed by atoms with Crippen molar-refractivity contribution in [2.75, 3.05) is 13.2 Å². The summed E-state index contributed by atoms with van der Waals surface area (Å²) in [5, 5.41) is 3.73. The zero-order chi connectivity index (χ0) is 22.8. The Bertz CT molecular complexity index is 1390. The summed E-state index contributed by atoms with van der Waals surface area (Å²) < 4.78 is 12.8. The van der Waals surface area contributed by atoms with E-state index in [1.165, 1.54) is 6.07 Å². The van der Waals surface area contributed by atoms with E-state index in [9.17, 15) is 14.4 Å². The molecule has 0 radical (unpaired) electrons. The van der Waals surface area contributed by atoms with Crippen molar-refractivity contribution in [1.29, 1.82) is 0 Å². The summed E-state index contributed by atoms with van der Waals surface area (Å²) >= 11 is 0. The zero-order valence-electron chi connectivity index (χ0n) is 17.8. The molecular weight excluding hydrogens is 420 g/mol. The van der Waals surface area contributed by atoms with Crippen molar-refractivity contribution in [1.82, 2.24) is 9.88 Å². The fourth-order valence-electron chi connectivity index (χ4n) is 4.24. The van der Waals surface area contributed by atoms with Crippen molar-refractivity contribution in [3.8, 4) is 5.75 Å². The molecule has 3 heterocycles. The number of aromatic nitrogens is 1. The fraction of sp³-hybridized carbons (Fsp3) is 0.192. The van der Waals surface area contributed by atoms with Crippen LogP contribution in [0.2, 0.25) is 0 Å². The molecule has 0 fully saturated rings. The van der Waals surface area contributed by atoms with Crippen LogP contribution in [0.3, 0.4) is 0 Å². The van der Waals surface area contributed by atoms with Gasteiger partial charge in [0.25, 0.3) is 0 Å². The van der Waals surface area contributed by atoms with Crippen molar-refractivity contribution in [3.63, 3.8) is 0 Å². The summed E-state index contributed by atoms with van der Waals surface area (Å²) in [4.78, 5) is 37.0. The van der Waals surface area contributed by atoms with Crippen LogP contribution in [0, 0.1) is 0 Å². The Kier molecular flexibility index (Phi) is 5.52. The van der Waals surface area contributed by atoms with E-state index in [0.29, 0.717) is 42.1 Å². The van der Waals surface area contributed by atoms with Gasteiger partial charge >= 0.3 is 5.63 Å². The zero-order valence-corrected chi connectivity index (χ0v) is 17.8. The number of hydrogen-bond donors (Lipinski definition) is 1. The molecule has 7 heteroatoms. The van der Waals surface area contributed by atoms with Crippen LogP contribution in [0.15, 0.2) is 82.0 Å². The lowest BCUT2D eigenvalue weighted by atomic mass is 10.0. The van der Waals surface area contributed by atoms with Gasteiger partial charge in [0.15, 0.2) is 0 Å². The summed E-state index contributed by atoms with van der Waals surface area (Å²) in [7, 11) is 0. The van der Waals surface area contributed by atoms with Gasteiger partial charge in [-0.2, -0.15) is 0 Å². The van der Waals surface area contributed by atoms with Crippen LogP contribution < -0.4 is 15.7 Å². The lowest BCUT2D eigenvalue weighted by molar-refractivity contribution is -0.122. The Morgan fingerprint density at radius 1 is 1.03 bits per heavy atom. The SMILES string of the molecule is O=C(c1ccccc1)c1ccc2n1CCC2C(=O)NCCOc1ccc2ccc(=O)oc2c1. The third-order valence-corrected chi connectivity index (χ3v) is 5.86. The molecule has 2 aromatic heterocycles. The molecular formula is C26H22N2O5. The molecule has 4 aromatic rings. The molecule has 5 rings (SSSR count). The lowest BCUT2D eigenvalue weighted by Gasteiger charge is -2.12. The van der Waals surface area contributed by atoms with E-state index in [-0.39, 0.29) is 24.2 Å². The van der Waals surface area contributed by atoms with Crippen LogP contribution in [-0.4, -0.2) is 29.4 Å². The van der Waals surface area contributed by atoms with E-state index in [0.717, 1.165) is 11.1 Å². The second-order valence-electron chi connectivity index (χ2n) is 7.93. The molecule has 0 saturated carbocycles. The number of ketones is 1. The molecule has 0 bridgehead atoms. The number of ether oxygens (including phenoxy) is 1. The van der Waals surface area contributed by atoms with E-state index >= 15 is 0 Å². The van der Waals surface area contributed by atoms with E-state index < -0.39 is 5.63 Å². The van der Waals surface area contributed by atoms with Crippen LogP contribution in [-0.2, 0) is 11.3 Å². The highest BCUT2D eigenvalue weighted by Crippen LogP contribution is 2.31. The molecule has 1 amide bonds. The van der Waals surface area contributed by atoms with Crippen LogP contribution in [0.4, 0.5) is 0 Å². The molecule has 2 aromatic carbocycles. The third kappa shape index (κ3) is 4.17. The Morgan fingerprint density at radius 3 is 2.70 bits per heavy atom. The summed E-state index contributed by atoms with van der Waals surface area (Å²) in [6.45, 7) is 1.25. The first-order chi connectivity index (χ1) is 16.1. The van der Waals surface area contributed by atoms with Gasteiger partial charge in [-0.05, 0) is 36.8 Å². The average molecular weight is 442 g/mol. The first-order valence-corrected chi connectivity index (χ1v) is 10.8. The minimum atomic E-state index is -0.415. The number of amides is 1. The van der Waals surface area contributed by atoms with Gasteiger partial charge in [-0.15, -0.1) is 0 Å². The van der Waals surface area contributed by atoms with Gasteiger partial charge in [-0.3, -0.25) is 9.59 Å². The van der Waals surface area contributed by atoms with Crippen molar-refractivity contribution >= 4 is 22.7 Å². The molecule has 1 unspecified atom stereocenters. The number of carbonyl (C=O) groups excluding carboxylic acids is 2. The van der Waals surface area contributed by atoms with Gasteiger partial charge in [0.05, 0.1) is 18.2 Å². The molecule has 1 atom stereocenters. The molecule has 7 nitrogen and oxygen atoms in total. The highest BCUT2D eigenvalue weighted by molar-refractivity contribution is 6.08. The first-order valence-electron chi connectivity index (χ1n) is 10.8. The maximum absolute atomic E-state index is 12.8. The molecule has 0 aliphatic carbocycles. The minimum absolute atomic E-state index is 0.0393. The Balaban J connectivity index is 1.18. The van der Waals surface area contributed by atoms with Crippen LogP contribution in [0.1, 0.15) is 34.1 Å². The number of benzene rings is 2. The summed E-state index contributed by atoms with van der Waals surface area (Å²) in [5.74, 6) is 0.142. The van der Waals surface area contributed by atoms with E-state index in [2.05, 4.69) is 5.32 Å². The predicted molar refractivity (Wildman–Crippen MR) is 123 cm³/mol. The number of rotatable bonds is 7. The smallest absolute Gasteiger partial charge is 0.336 e. The maximum atomic E-state index is 12.8. The molecule has 33 heavy (non-hydrogen) atoms. The van der Waals surface area contributed by atoms with Gasteiger partial charge in [0.1, 0.15) is 17.9 Å². The van der Waals surface area contributed by atoms with Crippen molar-refractivity contribution in [2.24, 2.45) is 0 Å². The van der Waals surface area contributed by atoms with Gasteiger partial charge in [-0.25, -0.2) is 4.79 Å². The number of carbonyl (C=O) groups is 2. The van der Waals surface area contributed by atoms with Crippen molar-refractivity contribution in [3.05, 3.63) is 100 Å². The number of hydrogen-bond acceptors (Lipinski definition) is 5. The van der Waals surface area contributed by atoms with Crippen molar-refractivity contribution < 1.29 is 18.7 Å². The number of nitrogens with one attached hydrogen (secondary N) is 1. The van der Waals surface area contributed by atoms with Gasteiger partial charge < -0.3 is 19.0 Å². The van der Waals surface area contributed by atoms with Crippen molar-refractivity contribution in [2.45, 2.75) is 18.9 Å². The van der Waals surface area contributed by atoms with Gasteiger partial charge in [0.2, 0.25) is 11.7 Å². The normalized spacial score (nSPS) is 14.7. The Hall–Kier alpha value is -4.13. The maximum Gasteiger partial charge on any atom is 0.336 e. The molecule has 166 valence electrons.